The Morgan fingerprint density at radius 2 is 1.83 bits per heavy atom. The first-order valence-electron chi connectivity index (χ1n) is 6.65. The standard InChI is InChI=1S/C17H16O/c1-11-6-7-16-13(8-11)10-14-9-12-4-2-3-5-15(12)17(14)18-16/h2-8,14,17H,9-10H2,1H3/t14-,17+/m0/s1. The minimum atomic E-state index is 0.274. The van der Waals surface area contributed by atoms with Crippen LogP contribution in [0.25, 0.3) is 0 Å². The summed E-state index contributed by atoms with van der Waals surface area (Å²) >= 11 is 0. The van der Waals surface area contributed by atoms with E-state index in [1.54, 1.807) is 0 Å². The van der Waals surface area contributed by atoms with Crippen LogP contribution in [-0.4, -0.2) is 0 Å². The van der Waals surface area contributed by atoms with Gasteiger partial charge in [0.2, 0.25) is 0 Å². The van der Waals surface area contributed by atoms with Crippen LogP contribution in [0.5, 0.6) is 5.75 Å². The van der Waals surface area contributed by atoms with E-state index in [0.29, 0.717) is 5.92 Å². The number of aryl methyl sites for hydroxylation is 1. The molecule has 0 spiro atoms. The van der Waals surface area contributed by atoms with E-state index < -0.39 is 0 Å². The monoisotopic (exact) mass is 236 g/mol. The van der Waals surface area contributed by atoms with Gasteiger partial charge in [0.05, 0.1) is 0 Å². The van der Waals surface area contributed by atoms with Crippen LogP contribution >= 0.6 is 0 Å². The van der Waals surface area contributed by atoms with Gasteiger partial charge in [-0.05, 0) is 42.5 Å². The Labute approximate surface area is 107 Å². The van der Waals surface area contributed by atoms with E-state index in [4.69, 9.17) is 4.74 Å². The van der Waals surface area contributed by atoms with E-state index in [-0.39, 0.29) is 6.10 Å². The maximum Gasteiger partial charge on any atom is 0.127 e. The predicted molar refractivity (Wildman–Crippen MR) is 71.9 cm³/mol. The van der Waals surface area contributed by atoms with E-state index in [2.05, 4.69) is 49.4 Å². The molecule has 1 aliphatic heterocycles. The molecule has 90 valence electrons. The lowest BCUT2D eigenvalue weighted by atomic mass is 9.90. The van der Waals surface area contributed by atoms with Gasteiger partial charge in [0, 0.05) is 5.92 Å². The molecule has 0 aromatic heterocycles. The number of ether oxygens (including phenoxy) is 1. The smallest absolute Gasteiger partial charge is 0.127 e. The van der Waals surface area contributed by atoms with Gasteiger partial charge in [0.15, 0.2) is 0 Å². The Morgan fingerprint density at radius 1 is 1.00 bits per heavy atom. The van der Waals surface area contributed by atoms with E-state index in [1.165, 1.54) is 22.3 Å². The highest BCUT2D eigenvalue weighted by Crippen LogP contribution is 2.45. The Hall–Kier alpha value is -1.76. The summed E-state index contributed by atoms with van der Waals surface area (Å²) < 4.78 is 6.24. The molecule has 0 bridgehead atoms. The van der Waals surface area contributed by atoms with Crippen molar-refractivity contribution < 1.29 is 4.74 Å². The average molecular weight is 236 g/mol. The number of fused-ring (bicyclic) bond motifs is 4. The molecule has 18 heavy (non-hydrogen) atoms. The van der Waals surface area contributed by atoms with Gasteiger partial charge in [-0.25, -0.2) is 0 Å². The highest BCUT2D eigenvalue weighted by molar-refractivity contribution is 5.44. The number of rotatable bonds is 0. The molecule has 0 unspecified atom stereocenters. The normalized spacial score (nSPS) is 23.8. The van der Waals surface area contributed by atoms with Gasteiger partial charge < -0.3 is 4.74 Å². The van der Waals surface area contributed by atoms with Crippen molar-refractivity contribution in [2.45, 2.75) is 25.9 Å². The molecule has 0 fully saturated rings. The molecular weight excluding hydrogens is 220 g/mol. The molecule has 2 aliphatic rings. The molecule has 0 amide bonds. The fourth-order valence-electron chi connectivity index (χ4n) is 3.38. The van der Waals surface area contributed by atoms with Gasteiger partial charge in [-0.3, -0.25) is 0 Å². The first kappa shape index (κ1) is 10.2. The molecular formula is C17H16O. The van der Waals surface area contributed by atoms with Gasteiger partial charge in [-0.15, -0.1) is 0 Å². The summed E-state index contributed by atoms with van der Waals surface area (Å²) in [6.07, 6.45) is 2.58. The first-order valence-corrected chi connectivity index (χ1v) is 6.65. The lowest BCUT2D eigenvalue weighted by molar-refractivity contribution is 0.128. The van der Waals surface area contributed by atoms with Crippen LogP contribution in [0, 0.1) is 12.8 Å². The average Bonchev–Trinajstić information content (AvgIpc) is 2.73. The molecule has 2 aromatic rings. The Morgan fingerprint density at radius 3 is 2.78 bits per heavy atom. The number of hydrogen-bond donors (Lipinski definition) is 0. The molecule has 1 aliphatic carbocycles. The van der Waals surface area contributed by atoms with Crippen LogP contribution < -0.4 is 4.74 Å². The summed E-state index contributed by atoms with van der Waals surface area (Å²) in [4.78, 5) is 0. The van der Waals surface area contributed by atoms with E-state index in [9.17, 15) is 0 Å². The summed E-state index contributed by atoms with van der Waals surface area (Å²) in [5.74, 6) is 1.70. The second kappa shape index (κ2) is 3.61. The molecule has 0 N–H and O–H groups in total. The highest BCUT2D eigenvalue weighted by atomic mass is 16.5. The Balaban J connectivity index is 1.77. The quantitative estimate of drug-likeness (QED) is 0.675. The third kappa shape index (κ3) is 1.40. The predicted octanol–water partition coefficient (Wildman–Crippen LogP) is 3.84. The maximum atomic E-state index is 6.24. The number of benzene rings is 2. The van der Waals surface area contributed by atoms with Crippen molar-refractivity contribution in [3.63, 3.8) is 0 Å². The van der Waals surface area contributed by atoms with Gasteiger partial charge in [0.1, 0.15) is 11.9 Å². The van der Waals surface area contributed by atoms with Gasteiger partial charge in [0.25, 0.3) is 0 Å². The van der Waals surface area contributed by atoms with Crippen LogP contribution in [0.1, 0.15) is 28.4 Å². The zero-order chi connectivity index (χ0) is 12.1. The Kier molecular flexibility index (Phi) is 2.05. The van der Waals surface area contributed by atoms with Crippen LogP contribution in [-0.2, 0) is 12.8 Å². The third-order valence-corrected chi connectivity index (χ3v) is 4.22. The zero-order valence-electron chi connectivity index (χ0n) is 10.5. The van der Waals surface area contributed by atoms with Gasteiger partial charge in [-0.1, -0.05) is 42.0 Å². The molecule has 0 radical (unpaired) electrons. The first-order chi connectivity index (χ1) is 8.81. The summed E-state index contributed by atoms with van der Waals surface area (Å²) in [5.41, 5.74) is 5.57. The van der Waals surface area contributed by atoms with Crippen LogP contribution in [0.2, 0.25) is 0 Å². The van der Waals surface area contributed by atoms with Crippen LogP contribution in [0.3, 0.4) is 0 Å². The Bertz CT molecular complexity index is 615. The minimum absolute atomic E-state index is 0.274. The van der Waals surface area contributed by atoms with Gasteiger partial charge in [-0.2, -0.15) is 0 Å². The molecule has 2 aromatic carbocycles. The molecule has 0 saturated heterocycles. The maximum absolute atomic E-state index is 6.24. The summed E-state index contributed by atoms with van der Waals surface area (Å²) in [6.45, 7) is 2.15. The van der Waals surface area contributed by atoms with Crippen molar-refractivity contribution in [3.05, 3.63) is 64.7 Å². The van der Waals surface area contributed by atoms with E-state index in [0.717, 1.165) is 18.6 Å². The molecule has 4 rings (SSSR count). The second-order valence-electron chi connectivity index (χ2n) is 5.52. The van der Waals surface area contributed by atoms with Crippen molar-refractivity contribution in [1.82, 2.24) is 0 Å². The minimum Gasteiger partial charge on any atom is -0.485 e. The van der Waals surface area contributed by atoms with Crippen molar-refractivity contribution in [2.24, 2.45) is 5.92 Å². The van der Waals surface area contributed by atoms with Crippen molar-refractivity contribution in [1.29, 1.82) is 0 Å². The summed E-state index contributed by atoms with van der Waals surface area (Å²) in [7, 11) is 0. The summed E-state index contributed by atoms with van der Waals surface area (Å²) in [6, 6.07) is 15.3. The van der Waals surface area contributed by atoms with Crippen molar-refractivity contribution >= 4 is 0 Å². The van der Waals surface area contributed by atoms with E-state index in [1.807, 2.05) is 0 Å². The molecule has 1 heterocycles. The number of hydrogen-bond acceptors (Lipinski definition) is 1. The zero-order valence-corrected chi connectivity index (χ0v) is 10.5. The largest absolute Gasteiger partial charge is 0.485 e. The van der Waals surface area contributed by atoms with Crippen molar-refractivity contribution in [2.75, 3.05) is 0 Å². The molecule has 1 nitrogen and oxygen atoms in total. The lowest BCUT2D eigenvalue weighted by Gasteiger charge is -2.29. The molecule has 1 heteroatoms. The SMILES string of the molecule is Cc1ccc2c(c1)C[C@@H]1Cc3ccccc3[C@@H]1O2. The van der Waals surface area contributed by atoms with Crippen LogP contribution in [0.15, 0.2) is 42.5 Å². The summed E-state index contributed by atoms with van der Waals surface area (Å²) in [5, 5.41) is 0. The molecule has 0 saturated carbocycles. The third-order valence-electron chi connectivity index (χ3n) is 4.22. The molecule has 2 atom stereocenters. The lowest BCUT2D eigenvalue weighted by Crippen LogP contribution is -2.22. The van der Waals surface area contributed by atoms with Crippen LogP contribution in [0.4, 0.5) is 0 Å². The van der Waals surface area contributed by atoms with E-state index >= 15 is 0 Å². The second-order valence-corrected chi connectivity index (χ2v) is 5.52. The highest BCUT2D eigenvalue weighted by Gasteiger charge is 2.37. The fourth-order valence-corrected chi connectivity index (χ4v) is 3.38. The van der Waals surface area contributed by atoms with Gasteiger partial charge >= 0.3 is 0 Å². The topological polar surface area (TPSA) is 9.23 Å². The van der Waals surface area contributed by atoms with Crippen molar-refractivity contribution in [3.8, 4) is 5.75 Å². The fraction of sp³-hybridized carbons (Fsp3) is 0.294.